The van der Waals surface area contributed by atoms with Gasteiger partial charge in [0, 0.05) is 28.8 Å². The van der Waals surface area contributed by atoms with E-state index in [0.29, 0.717) is 33.7 Å². The van der Waals surface area contributed by atoms with Gasteiger partial charge in [0.2, 0.25) is 10.9 Å². The molecule has 9 nitrogen and oxygen atoms in total. The first-order valence-corrected chi connectivity index (χ1v) is 11.6. The number of nitro groups is 1. The topological polar surface area (TPSA) is 105 Å². The van der Waals surface area contributed by atoms with Crippen molar-refractivity contribution in [3.63, 3.8) is 0 Å². The number of aryl methyl sites for hydroxylation is 1. The van der Waals surface area contributed by atoms with E-state index >= 15 is 0 Å². The number of methoxy groups -OCH3 is 1. The van der Waals surface area contributed by atoms with Crippen LogP contribution in [0.25, 0.3) is 0 Å². The van der Waals surface area contributed by atoms with E-state index < -0.39 is 4.92 Å². The Morgan fingerprint density at radius 2 is 2.09 bits per heavy atom. The SMILES string of the molecule is CCc1nnc(SCc2cccc(Cl)c2)n1/N=C\c1cc(OC)c(OC(C)C)c([N+](=O)[O-])c1. The summed E-state index contributed by atoms with van der Waals surface area (Å²) in [5, 5.41) is 25.9. The Hall–Kier alpha value is -3.11. The average molecular weight is 490 g/mol. The highest BCUT2D eigenvalue weighted by Crippen LogP contribution is 2.38. The monoisotopic (exact) mass is 489 g/mol. The minimum absolute atomic E-state index is 0.0889. The van der Waals surface area contributed by atoms with Crippen LogP contribution in [-0.2, 0) is 12.2 Å². The lowest BCUT2D eigenvalue weighted by molar-refractivity contribution is -0.386. The summed E-state index contributed by atoms with van der Waals surface area (Å²) in [5.74, 6) is 1.65. The maximum Gasteiger partial charge on any atom is 0.315 e. The van der Waals surface area contributed by atoms with E-state index in [1.54, 1.807) is 24.6 Å². The highest BCUT2D eigenvalue weighted by atomic mass is 35.5. The van der Waals surface area contributed by atoms with Crippen LogP contribution in [0.3, 0.4) is 0 Å². The number of nitro benzene ring substituents is 1. The van der Waals surface area contributed by atoms with Gasteiger partial charge in [0.25, 0.3) is 0 Å². The molecule has 0 unspecified atom stereocenters. The number of ether oxygens (including phenoxy) is 2. The Balaban J connectivity index is 1.91. The molecule has 0 aliphatic rings. The zero-order valence-electron chi connectivity index (χ0n) is 18.7. The van der Waals surface area contributed by atoms with Gasteiger partial charge in [0.1, 0.15) is 0 Å². The van der Waals surface area contributed by atoms with Gasteiger partial charge in [-0.25, -0.2) is 0 Å². The zero-order valence-corrected chi connectivity index (χ0v) is 20.3. The number of thioether (sulfide) groups is 1. The highest BCUT2D eigenvalue weighted by molar-refractivity contribution is 7.98. The van der Waals surface area contributed by atoms with Gasteiger partial charge in [-0.3, -0.25) is 10.1 Å². The van der Waals surface area contributed by atoms with E-state index in [9.17, 15) is 10.1 Å². The molecule has 0 fully saturated rings. The molecule has 1 aromatic heterocycles. The predicted molar refractivity (Wildman–Crippen MR) is 129 cm³/mol. The van der Waals surface area contributed by atoms with Gasteiger partial charge in [0.15, 0.2) is 11.6 Å². The molecule has 0 saturated carbocycles. The third kappa shape index (κ3) is 6.23. The molecule has 0 radical (unpaired) electrons. The van der Waals surface area contributed by atoms with Crippen LogP contribution in [0.15, 0.2) is 46.7 Å². The van der Waals surface area contributed by atoms with Gasteiger partial charge >= 0.3 is 5.69 Å². The van der Waals surface area contributed by atoms with Gasteiger partial charge in [-0.2, -0.15) is 9.78 Å². The molecule has 0 atom stereocenters. The predicted octanol–water partition coefficient (Wildman–Crippen LogP) is 5.37. The van der Waals surface area contributed by atoms with E-state index in [4.69, 9.17) is 21.1 Å². The summed E-state index contributed by atoms with van der Waals surface area (Å²) in [7, 11) is 1.44. The Morgan fingerprint density at radius 3 is 2.73 bits per heavy atom. The Morgan fingerprint density at radius 1 is 1.30 bits per heavy atom. The molecule has 174 valence electrons. The normalized spacial score (nSPS) is 11.3. The highest BCUT2D eigenvalue weighted by Gasteiger charge is 2.23. The van der Waals surface area contributed by atoms with Crippen molar-refractivity contribution in [2.75, 3.05) is 7.11 Å². The summed E-state index contributed by atoms with van der Waals surface area (Å²) in [6, 6.07) is 10.6. The molecule has 0 aliphatic heterocycles. The Bertz CT molecular complexity index is 1170. The smallest absolute Gasteiger partial charge is 0.315 e. The first-order chi connectivity index (χ1) is 15.8. The molecule has 3 aromatic rings. The van der Waals surface area contributed by atoms with Crippen molar-refractivity contribution in [2.24, 2.45) is 5.10 Å². The minimum atomic E-state index is -0.500. The minimum Gasteiger partial charge on any atom is -0.493 e. The van der Waals surface area contributed by atoms with Gasteiger partial charge in [-0.1, -0.05) is 42.4 Å². The Kier molecular flexibility index (Phi) is 8.29. The summed E-state index contributed by atoms with van der Waals surface area (Å²) < 4.78 is 12.6. The number of hydrogen-bond donors (Lipinski definition) is 0. The molecule has 33 heavy (non-hydrogen) atoms. The van der Waals surface area contributed by atoms with Crippen molar-refractivity contribution >= 4 is 35.3 Å². The largest absolute Gasteiger partial charge is 0.493 e. The molecular formula is C22H24ClN5O4S. The molecule has 0 N–H and O–H groups in total. The molecule has 0 aliphatic carbocycles. The van der Waals surface area contributed by atoms with E-state index in [2.05, 4.69) is 15.3 Å². The fourth-order valence-electron chi connectivity index (χ4n) is 2.95. The van der Waals surface area contributed by atoms with Gasteiger partial charge in [0.05, 0.1) is 24.4 Å². The van der Waals surface area contributed by atoms with Crippen LogP contribution in [0.2, 0.25) is 5.02 Å². The van der Waals surface area contributed by atoms with Gasteiger partial charge < -0.3 is 9.47 Å². The van der Waals surface area contributed by atoms with E-state index in [-0.39, 0.29) is 23.3 Å². The molecule has 1 heterocycles. The van der Waals surface area contributed by atoms with E-state index in [1.165, 1.54) is 31.2 Å². The quantitative estimate of drug-likeness (QED) is 0.163. The lowest BCUT2D eigenvalue weighted by atomic mass is 10.2. The maximum atomic E-state index is 11.6. The fourth-order valence-corrected chi connectivity index (χ4v) is 4.01. The summed E-state index contributed by atoms with van der Waals surface area (Å²) in [6.45, 7) is 5.53. The molecule has 11 heteroatoms. The van der Waals surface area contributed by atoms with E-state index in [0.717, 1.165) is 5.56 Å². The molecule has 0 amide bonds. The molecule has 0 bridgehead atoms. The third-order valence-electron chi connectivity index (χ3n) is 4.40. The first kappa shape index (κ1) is 24.5. The van der Waals surface area contributed by atoms with Crippen molar-refractivity contribution in [2.45, 2.75) is 44.2 Å². The maximum absolute atomic E-state index is 11.6. The summed E-state index contributed by atoms with van der Waals surface area (Å²) in [6.07, 6.45) is 1.88. The van der Waals surface area contributed by atoms with Gasteiger partial charge in [-0.15, -0.1) is 10.2 Å². The van der Waals surface area contributed by atoms with Crippen molar-refractivity contribution in [1.29, 1.82) is 0 Å². The van der Waals surface area contributed by atoms with Crippen LogP contribution >= 0.6 is 23.4 Å². The van der Waals surface area contributed by atoms with Crippen molar-refractivity contribution < 1.29 is 14.4 Å². The second-order valence-electron chi connectivity index (χ2n) is 7.22. The fraction of sp³-hybridized carbons (Fsp3) is 0.318. The standard InChI is InChI=1S/C22H24ClN5O4S/c1-5-20-25-26-22(33-13-15-7-6-8-17(23)9-15)27(20)24-12-16-10-18(28(29)30)21(32-14(2)3)19(11-16)31-4/h6-12,14H,5,13H2,1-4H3/b24-12-. The molecule has 0 saturated heterocycles. The molecule has 0 spiro atoms. The first-order valence-electron chi connectivity index (χ1n) is 10.2. The van der Waals surface area contributed by atoms with Crippen molar-refractivity contribution in [3.05, 3.63) is 68.5 Å². The molecule has 2 aromatic carbocycles. The number of hydrogen-bond acceptors (Lipinski definition) is 8. The third-order valence-corrected chi connectivity index (χ3v) is 5.63. The number of rotatable bonds is 10. The summed E-state index contributed by atoms with van der Waals surface area (Å²) >= 11 is 7.54. The number of halogens is 1. The van der Waals surface area contributed by atoms with Crippen molar-refractivity contribution in [1.82, 2.24) is 14.9 Å². The number of aromatic nitrogens is 3. The molecular weight excluding hydrogens is 466 g/mol. The van der Waals surface area contributed by atoms with E-state index in [1.807, 2.05) is 31.2 Å². The molecule has 3 rings (SSSR count). The average Bonchev–Trinajstić information content (AvgIpc) is 3.18. The summed E-state index contributed by atoms with van der Waals surface area (Å²) in [5.41, 5.74) is 1.33. The lowest BCUT2D eigenvalue weighted by Gasteiger charge is -2.14. The van der Waals surface area contributed by atoms with Crippen molar-refractivity contribution in [3.8, 4) is 11.5 Å². The lowest BCUT2D eigenvalue weighted by Crippen LogP contribution is -2.09. The van der Waals surface area contributed by atoms with Crippen LogP contribution in [0.5, 0.6) is 11.5 Å². The second-order valence-corrected chi connectivity index (χ2v) is 8.60. The number of nitrogens with zero attached hydrogens (tertiary/aromatic N) is 5. The summed E-state index contributed by atoms with van der Waals surface area (Å²) in [4.78, 5) is 11.1. The van der Waals surface area contributed by atoms with Crippen LogP contribution in [0, 0.1) is 10.1 Å². The number of benzene rings is 2. The zero-order chi connectivity index (χ0) is 24.0. The van der Waals surface area contributed by atoms with Gasteiger partial charge in [-0.05, 0) is 37.6 Å². The van der Waals surface area contributed by atoms with Crippen LogP contribution in [-0.4, -0.2) is 39.2 Å². The van der Waals surface area contributed by atoms with Crippen LogP contribution < -0.4 is 9.47 Å². The van der Waals surface area contributed by atoms with Crippen LogP contribution in [0.4, 0.5) is 5.69 Å². The van der Waals surface area contributed by atoms with Crippen LogP contribution in [0.1, 0.15) is 37.7 Å². The second kappa shape index (κ2) is 11.2. The Labute approximate surface area is 200 Å².